The maximum atomic E-state index is 12.3. The van der Waals surface area contributed by atoms with Crippen molar-refractivity contribution < 1.29 is 29.2 Å². The molecule has 2 aromatic carbocycles. The van der Waals surface area contributed by atoms with E-state index in [1.54, 1.807) is 0 Å². The van der Waals surface area contributed by atoms with Crippen LogP contribution in [0.5, 0.6) is 28.7 Å². The van der Waals surface area contributed by atoms with Crippen molar-refractivity contribution in [3.8, 4) is 40.1 Å². The molecule has 7 nitrogen and oxygen atoms in total. The van der Waals surface area contributed by atoms with Crippen LogP contribution in [0.3, 0.4) is 0 Å². The summed E-state index contributed by atoms with van der Waals surface area (Å²) in [6, 6.07) is 6.52. The number of phenolic OH excluding ortho intramolecular Hbond substituents is 3. The normalized spacial score (nSPS) is 12.7. The largest absolute Gasteiger partial charge is 0.507 e. The second-order valence-corrected chi connectivity index (χ2v) is 5.01. The zero-order valence-corrected chi connectivity index (χ0v) is 11.6. The molecule has 4 rings (SSSR count). The van der Waals surface area contributed by atoms with Crippen molar-refractivity contribution in [2.75, 3.05) is 6.79 Å². The second-order valence-electron chi connectivity index (χ2n) is 5.01. The molecule has 0 amide bonds. The van der Waals surface area contributed by atoms with Gasteiger partial charge in [-0.25, -0.2) is 0 Å². The van der Waals surface area contributed by atoms with Crippen molar-refractivity contribution in [1.82, 2.24) is 0 Å². The zero-order chi connectivity index (χ0) is 16.1. The fourth-order valence-corrected chi connectivity index (χ4v) is 2.48. The average molecular weight is 314 g/mol. The minimum atomic E-state index is -0.468. The van der Waals surface area contributed by atoms with Crippen molar-refractivity contribution in [2.24, 2.45) is 0 Å². The Morgan fingerprint density at radius 2 is 1.74 bits per heavy atom. The second kappa shape index (κ2) is 4.57. The maximum absolute atomic E-state index is 12.3. The number of rotatable bonds is 1. The van der Waals surface area contributed by atoms with Crippen LogP contribution in [0.4, 0.5) is 0 Å². The maximum Gasteiger partial charge on any atom is 0.231 e. The van der Waals surface area contributed by atoms with Crippen LogP contribution in [0.1, 0.15) is 0 Å². The Bertz CT molecular complexity index is 1000. The molecule has 2 heterocycles. The Hall–Kier alpha value is -3.35. The van der Waals surface area contributed by atoms with E-state index in [2.05, 4.69) is 0 Å². The van der Waals surface area contributed by atoms with Crippen LogP contribution in [-0.4, -0.2) is 22.1 Å². The average Bonchev–Trinajstić information content (AvgIpc) is 2.98. The van der Waals surface area contributed by atoms with Gasteiger partial charge in [0.05, 0.1) is 0 Å². The third-order valence-corrected chi connectivity index (χ3v) is 3.58. The molecule has 0 aliphatic carbocycles. The van der Waals surface area contributed by atoms with E-state index < -0.39 is 5.43 Å². The van der Waals surface area contributed by atoms with Crippen LogP contribution in [0.2, 0.25) is 0 Å². The number of ether oxygens (including phenoxy) is 2. The first-order valence-corrected chi connectivity index (χ1v) is 6.66. The van der Waals surface area contributed by atoms with Gasteiger partial charge in [-0.15, -0.1) is 0 Å². The summed E-state index contributed by atoms with van der Waals surface area (Å²) in [7, 11) is 0. The minimum Gasteiger partial charge on any atom is -0.507 e. The van der Waals surface area contributed by atoms with Crippen molar-refractivity contribution in [3.05, 3.63) is 40.6 Å². The highest BCUT2D eigenvalue weighted by Crippen LogP contribution is 2.43. The first-order chi connectivity index (χ1) is 11.0. The Balaban J connectivity index is 2.03. The molecule has 23 heavy (non-hydrogen) atoms. The standard InChI is InChI=1S/C16H10O7/c17-8-2-1-7(3-9(8)18)12-4-10(19)14-11(20)5-13-15(16(14)23-12)22-6-21-13/h1-5,17-18,20H,6H2. The number of benzene rings is 2. The summed E-state index contributed by atoms with van der Waals surface area (Å²) in [6.07, 6.45) is 0. The molecule has 116 valence electrons. The Morgan fingerprint density at radius 1 is 0.913 bits per heavy atom. The van der Waals surface area contributed by atoms with E-state index >= 15 is 0 Å². The summed E-state index contributed by atoms with van der Waals surface area (Å²) in [6.45, 7) is -0.0399. The Kier molecular flexibility index (Phi) is 2.65. The molecule has 0 saturated heterocycles. The predicted molar refractivity (Wildman–Crippen MR) is 79.0 cm³/mol. The van der Waals surface area contributed by atoms with Crippen molar-refractivity contribution in [1.29, 1.82) is 0 Å². The first kappa shape index (κ1) is 13.3. The van der Waals surface area contributed by atoms with Gasteiger partial charge in [0, 0.05) is 17.7 Å². The van der Waals surface area contributed by atoms with E-state index in [1.807, 2.05) is 0 Å². The van der Waals surface area contributed by atoms with Gasteiger partial charge in [0.15, 0.2) is 28.3 Å². The molecule has 3 N–H and O–H groups in total. The van der Waals surface area contributed by atoms with E-state index in [9.17, 15) is 20.1 Å². The van der Waals surface area contributed by atoms with Crippen molar-refractivity contribution in [3.63, 3.8) is 0 Å². The molecule has 0 radical (unpaired) electrons. The molecule has 3 aromatic rings. The smallest absolute Gasteiger partial charge is 0.231 e. The van der Waals surface area contributed by atoms with Crippen LogP contribution >= 0.6 is 0 Å². The van der Waals surface area contributed by atoms with Crippen LogP contribution in [-0.2, 0) is 0 Å². The Labute approximate surface area is 128 Å². The highest BCUT2D eigenvalue weighted by atomic mass is 16.7. The summed E-state index contributed by atoms with van der Waals surface area (Å²) in [4.78, 5) is 12.3. The third-order valence-electron chi connectivity index (χ3n) is 3.58. The van der Waals surface area contributed by atoms with Gasteiger partial charge >= 0.3 is 0 Å². The third kappa shape index (κ3) is 1.94. The molecule has 1 aliphatic heterocycles. The Morgan fingerprint density at radius 3 is 2.52 bits per heavy atom. The molecule has 0 atom stereocenters. The lowest BCUT2D eigenvalue weighted by molar-refractivity contribution is 0.174. The monoisotopic (exact) mass is 314 g/mol. The highest BCUT2D eigenvalue weighted by Gasteiger charge is 2.24. The summed E-state index contributed by atoms with van der Waals surface area (Å²) < 4.78 is 16.2. The first-order valence-electron chi connectivity index (χ1n) is 6.66. The summed E-state index contributed by atoms with van der Waals surface area (Å²) in [5.74, 6) is -0.221. The number of hydrogen-bond acceptors (Lipinski definition) is 7. The van der Waals surface area contributed by atoms with Crippen molar-refractivity contribution >= 4 is 11.0 Å². The molecular formula is C16H10O7. The van der Waals surface area contributed by atoms with Gasteiger partial charge in [0.2, 0.25) is 12.5 Å². The quantitative estimate of drug-likeness (QED) is 0.591. The molecule has 1 aromatic heterocycles. The number of fused-ring (bicyclic) bond motifs is 3. The summed E-state index contributed by atoms with van der Waals surface area (Å²) >= 11 is 0. The van der Waals surface area contributed by atoms with Gasteiger partial charge in [0.25, 0.3) is 0 Å². The van der Waals surface area contributed by atoms with Gasteiger partial charge < -0.3 is 29.2 Å². The van der Waals surface area contributed by atoms with Crippen molar-refractivity contribution in [2.45, 2.75) is 0 Å². The lowest BCUT2D eigenvalue weighted by atomic mass is 10.1. The molecular weight excluding hydrogens is 304 g/mol. The fraction of sp³-hybridized carbons (Fsp3) is 0.0625. The molecule has 0 fully saturated rings. The van der Waals surface area contributed by atoms with Gasteiger partial charge in [-0.3, -0.25) is 4.79 Å². The van der Waals surface area contributed by atoms with Gasteiger partial charge in [-0.2, -0.15) is 0 Å². The highest BCUT2D eigenvalue weighted by molar-refractivity contribution is 5.92. The topological polar surface area (TPSA) is 109 Å². The van der Waals surface area contributed by atoms with E-state index in [4.69, 9.17) is 13.9 Å². The zero-order valence-electron chi connectivity index (χ0n) is 11.6. The van der Waals surface area contributed by atoms with E-state index in [-0.39, 0.29) is 52.3 Å². The van der Waals surface area contributed by atoms with Crippen LogP contribution in [0, 0.1) is 0 Å². The number of phenols is 3. The van der Waals surface area contributed by atoms with Gasteiger partial charge in [0.1, 0.15) is 16.9 Å². The fourth-order valence-electron chi connectivity index (χ4n) is 2.48. The van der Waals surface area contributed by atoms with Crippen LogP contribution < -0.4 is 14.9 Å². The lowest BCUT2D eigenvalue weighted by Crippen LogP contribution is -2.01. The lowest BCUT2D eigenvalue weighted by Gasteiger charge is -2.07. The minimum absolute atomic E-state index is 0.0130. The number of aromatic hydroxyl groups is 3. The van der Waals surface area contributed by atoms with E-state index in [1.165, 1.54) is 30.3 Å². The van der Waals surface area contributed by atoms with E-state index in [0.29, 0.717) is 5.56 Å². The molecule has 7 heteroatoms. The molecule has 1 aliphatic rings. The summed E-state index contributed by atoms with van der Waals surface area (Å²) in [5, 5.41) is 28.9. The molecule has 0 spiro atoms. The predicted octanol–water partition coefficient (Wildman–Crippen LogP) is 2.31. The molecule has 0 saturated carbocycles. The van der Waals surface area contributed by atoms with E-state index in [0.717, 1.165) is 0 Å². The van der Waals surface area contributed by atoms with Crippen LogP contribution in [0.15, 0.2) is 39.5 Å². The summed E-state index contributed by atoms with van der Waals surface area (Å²) in [5.41, 5.74) is -0.0208. The SMILES string of the molecule is O=c1cc(-c2ccc(O)c(O)c2)oc2c3c(cc(O)c12)OCO3. The van der Waals surface area contributed by atoms with Gasteiger partial charge in [-0.1, -0.05) is 0 Å². The molecule has 0 bridgehead atoms. The van der Waals surface area contributed by atoms with Crippen LogP contribution in [0.25, 0.3) is 22.3 Å². The number of hydrogen-bond donors (Lipinski definition) is 3. The van der Waals surface area contributed by atoms with Gasteiger partial charge in [-0.05, 0) is 18.2 Å². The molecule has 0 unspecified atom stereocenters.